The number of phenols is 1. The molecule has 2 aromatic heterocycles. The number of cyclic esters (lactones) is 1. The number of carbonyl (C=O) groups is 5. The Hall–Kier alpha value is -6.06. The molecule has 2 aromatic carbocycles. The Morgan fingerprint density at radius 2 is 1.85 bits per heavy atom. The molecule has 15 nitrogen and oxygen atoms in total. The van der Waals surface area contributed by atoms with Gasteiger partial charge in [0.1, 0.15) is 23.9 Å². The quantitative estimate of drug-likeness (QED) is 0.148. The molecule has 7 rings (SSSR count). The van der Waals surface area contributed by atoms with Gasteiger partial charge in [0.25, 0.3) is 5.91 Å². The van der Waals surface area contributed by atoms with Gasteiger partial charge < -0.3 is 33.8 Å². The predicted octanol–water partition coefficient (Wildman–Crippen LogP) is 5.75. The number of aromatic hydroxyl groups is 1. The van der Waals surface area contributed by atoms with E-state index in [4.69, 9.17) is 14.5 Å². The van der Waals surface area contributed by atoms with E-state index < -0.39 is 47.2 Å². The SMILES string of the molecule is C=CC(=O)N1CC[C@H](C(=O)N(C)C(C(=O)N(C)[C@H]2Cc3cc(O)cc(c3)-c3ccc4c(c3)c(c(-c3cccnc3COC)n4CC)CC(C)(C)COC(=O)[C@@H]3CCCN(N3)C2=O)C(C)C)C1. The van der Waals surface area contributed by atoms with Crippen molar-refractivity contribution in [2.24, 2.45) is 17.3 Å². The molecule has 4 amide bonds. The normalized spacial score (nSPS) is 20.5. The second kappa shape index (κ2) is 19.8. The summed E-state index contributed by atoms with van der Waals surface area (Å²) in [5.41, 5.74) is 9.61. The number of nitrogens with one attached hydrogen (secondary N) is 1. The maximum Gasteiger partial charge on any atom is 0.324 e. The zero-order chi connectivity index (χ0) is 47.6. The minimum Gasteiger partial charge on any atom is -0.508 e. The number of hydrazine groups is 1. The first-order chi connectivity index (χ1) is 31.5. The summed E-state index contributed by atoms with van der Waals surface area (Å²) in [6, 6.07) is 12.6. The van der Waals surface area contributed by atoms with Gasteiger partial charge in [-0.3, -0.25) is 34.0 Å². The Morgan fingerprint density at radius 1 is 1.08 bits per heavy atom. The molecule has 1 unspecified atom stereocenters. The van der Waals surface area contributed by atoms with E-state index in [2.05, 4.69) is 55.5 Å². The highest BCUT2D eigenvalue weighted by Crippen LogP contribution is 2.41. The molecule has 15 heteroatoms. The number of likely N-dealkylation sites (tertiary alicyclic amines) is 1. The van der Waals surface area contributed by atoms with Gasteiger partial charge in [0.05, 0.1) is 30.5 Å². The third-order valence-corrected chi connectivity index (χ3v) is 13.4. The third kappa shape index (κ3) is 9.73. The maximum absolute atomic E-state index is 14.9. The highest BCUT2D eigenvalue weighted by Gasteiger charge is 2.42. The lowest BCUT2D eigenvalue weighted by Gasteiger charge is -2.40. The summed E-state index contributed by atoms with van der Waals surface area (Å²) in [4.78, 5) is 79.2. The summed E-state index contributed by atoms with van der Waals surface area (Å²) in [6.07, 6.45) is 4.97. The summed E-state index contributed by atoms with van der Waals surface area (Å²) >= 11 is 0. The number of esters is 1. The molecule has 4 aromatic rings. The molecule has 0 saturated carbocycles. The van der Waals surface area contributed by atoms with Gasteiger partial charge in [0.15, 0.2) is 0 Å². The van der Waals surface area contributed by atoms with E-state index in [9.17, 15) is 29.1 Å². The average molecular weight is 904 g/mol. The summed E-state index contributed by atoms with van der Waals surface area (Å²) in [6.45, 7) is 15.6. The topological polar surface area (TPSA) is 167 Å². The molecule has 0 radical (unpaired) electrons. The Morgan fingerprint density at radius 3 is 2.56 bits per heavy atom. The number of methoxy groups -OCH3 is 1. The molecule has 4 atom stereocenters. The first-order valence-corrected chi connectivity index (χ1v) is 23.1. The van der Waals surface area contributed by atoms with Gasteiger partial charge in [-0.25, -0.2) is 5.43 Å². The zero-order valence-electron chi connectivity index (χ0n) is 39.6. The number of ether oxygens (including phenoxy) is 2. The van der Waals surface area contributed by atoms with Crippen molar-refractivity contribution in [3.05, 3.63) is 84.2 Å². The summed E-state index contributed by atoms with van der Waals surface area (Å²) in [7, 11) is 4.82. The Kier molecular flexibility index (Phi) is 14.4. The number of benzene rings is 2. The molecular weight excluding hydrogens is 839 g/mol. The van der Waals surface area contributed by atoms with Crippen molar-refractivity contribution in [3.8, 4) is 28.1 Å². The van der Waals surface area contributed by atoms with E-state index in [0.29, 0.717) is 50.9 Å². The van der Waals surface area contributed by atoms with Crippen molar-refractivity contribution in [2.75, 3.05) is 47.4 Å². The fraction of sp³-hybridized carbons (Fsp3) is 0.490. The summed E-state index contributed by atoms with van der Waals surface area (Å²) in [5.74, 6) is -2.71. The molecule has 3 aliphatic heterocycles. The molecule has 5 heterocycles. The van der Waals surface area contributed by atoms with Crippen molar-refractivity contribution < 1.29 is 38.6 Å². The number of rotatable bonds is 10. The number of aromatic nitrogens is 2. The number of pyridine rings is 1. The Balaban J connectivity index is 1.32. The predicted molar refractivity (Wildman–Crippen MR) is 252 cm³/mol. The van der Waals surface area contributed by atoms with Crippen LogP contribution in [0.2, 0.25) is 0 Å². The maximum atomic E-state index is 14.9. The first kappa shape index (κ1) is 47.9. The van der Waals surface area contributed by atoms with E-state index in [0.717, 1.165) is 44.5 Å². The van der Waals surface area contributed by atoms with E-state index in [1.54, 1.807) is 44.4 Å². The van der Waals surface area contributed by atoms with Gasteiger partial charge in [-0.15, -0.1) is 0 Å². The first-order valence-electron chi connectivity index (χ1n) is 23.1. The fourth-order valence-electron chi connectivity index (χ4n) is 10.1. The zero-order valence-corrected chi connectivity index (χ0v) is 39.6. The van der Waals surface area contributed by atoms with Crippen molar-refractivity contribution in [2.45, 2.75) is 98.0 Å². The number of nitrogens with zero attached hydrogens (tertiary/aromatic N) is 6. The van der Waals surface area contributed by atoms with Crippen LogP contribution in [-0.2, 0) is 59.4 Å². The van der Waals surface area contributed by atoms with Crippen molar-refractivity contribution in [1.82, 2.24) is 34.7 Å². The lowest BCUT2D eigenvalue weighted by atomic mass is 9.84. The molecule has 2 saturated heterocycles. The van der Waals surface area contributed by atoms with E-state index in [-0.39, 0.29) is 49.6 Å². The smallest absolute Gasteiger partial charge is 0.324 e. The third-order valence-electron chi connectivity index (χ3n) is 13.4. The van der Waals surface area contributed by atoms with Crippen LogP contribution in [0.3, 0.4) is 0 Å². The Bertz CT molecular complexity index is 2510. The van der Waals surface area contributed by atoms with Crippen molar-refractivity contribution in [1.29, 1.82) is 0 Å². The summed E-state index contributed by atoms with van der Waals surface area (Å²) in [5, 5.41) is 13.8. The highest BCUT2D eigenvalue weighted by atomic mass is 16.5. The van der Waals surface area contributed by atoms with E-state index in [1.807, 2.05) is 32.0 Å². The number of hydrogen-bond acceptors (Lipinski definition) is 10. The van der Waals surface area contributed by atoms with Crippen LogP contribution in [-0.4, -0.2) is 130 Å². The van der Waals surface area contributed by atoms with Crippen LogP contribution in [0.25, 0.3) is 33.3 Å². The molecule has 0 spiro atoms. The van der Waals surface area contributed by atoms with Crippen LogP contribution >= 0.6 is 0 Å². The molecule has 0 aliphatic carbocycles. The van der Waals surface area contributed by atoms with E-state index in [1.165, 1.54) is 20.9 Å². The lowest BCUT2D eigenvalue weighted by molar-refractivity contribution is -0.158. The fourth-order valence-corrected chi connectivity index (χ4v) is 10.1. The number of amides is 4. The Labute approximate surface area is 387 Å². The van der Waals surface area contributed by atoms with Gasteiger partial charge in [0.2, 0.25) is 17.7 Å². The highest BCUT2D eigenvalue weighted by molar-refractivity contribution is 5.96. The van der Waals surface area contributed by atoms with Gasteiger partial charge in [-0.2, -0.15) is 0 Å². The van der Waals surface area contributed by atoms with Gasteiger partial charge in [0, 0.05) is 81.9 Å². The number of fused-ring (bicyclic) bond motifs is 6. The lowest BCUT2D eigenvalue weighted by Crippen LogP contribution is -2.62. The van der Waals surface area contributed by atoms with Crippen molar-refractivity contribution in [3.63, 3.8) is 0 Å². The second-order valence-corrected chi connectivity index (χ2v) is 19.2. The number of likely N-dealkylation sites (N-methyl/N-ethyl adjacent to an activating group) is 2. The standard InChI is InChI=1S/C51H65N7O8/c1-10-44(60)56-21-18-34(28-56)47(61)55(8)45(31(3)4)49(63)54(7)43-24-32-22-35(25-36(59)23-32)33-16-17-42-38(26-33)39(46(57(42)11-2)37-14-12-19-52-41(37)29-65-9)27-51(5,6)30-66-50(64)40-15-13-20-58(53-40)48(43)62/h10,12,14,16-17,19,22-23,25-26,31,34,40,43,45,53,59H,1,11,13,15,18,20-21,24,27-30H2,2-9H3/t34-,40-,43-,45?/m0/s1. The molecule has 66 heavy (non-hydrogen) atoms. The molecular formula is C51H65N7O8. The average Bonchev–Trinajstić information content (AvgIpc) is 3.91. The van der Waals surface area contributed by atoms with Gasteiger partial charge >= 0.3 is 5.97 Å². The van der Waals surface area contributed by atoms with Crippen LogP contribution in [0.4, 0.5) is 0 Å². The minimum absolute atomic E-state index is 0.00485. The van der Waals surface area contributed by atoms with Gasteiger partial charge in [-0.05, 0) is 103 Å². The van der Waals surface area contributed by atoms with Crippen LogP contribution in [0, 0.1) is 17.3 Å². The monoisotopic (exact) mass is 903 g/mol. The van der Waals surface area contributed by atoms with Crippen molar-refractivity contribution >= 4 is 40.5 Å². The molecule has 3 aliphatic rings. The summed E-state index contributed by atoms with van der Waals surface area (Å²) < 4.78 is 14.0. The van der Waals surface area contributed by atoms with Crippen LogP contribution in [0.1, 0.15) is 70.7 Å². The number of hydrogen-bond donors (Lipinski definition) is 2. The number of phenolic OH excluding ortho intramolecular Hbond substituents is 1. The van der Waals surface area contributed by atoms with Crippen LogP contribution in [0.15, 0.2) is 67.4 Å². The van der Waals surface area contributed by atoms with Crippen LogP contribution in [0.5, 0.6) is 5.75 Å². The molecule has 2 fully saturated rings. The van der Waals surface area contributed by atoms with E-state index >= 15 is 0 Å². The number of carbonyl (C=O) groups excluding carboxylic acids is 5. The van der Waals surface area contributed by atoms with Gasteiger partial charge in [-0.1, -0.05) is 46.4 Å². The van der Waals surface area contributed by atoms with Crippen LogP contribution < -0.4 is 5.43 Å². The largest absolute Gasteiger partial charge is 0.508 e. The number of aryl methyl sites for hydroxylation is 1. The molecule has 6 bridgehead atoms. The molecule has 2 N–H and O–H groups in total. The second-order valence-electron chi connectivity index (χ2n) is 19.2. The minimum atomic E-state index is -1.11. The molecule has 352 valence electrons.